The molecule has 6 heteroatoms. The molecule has 1 amide bonds. The minimum Gasteiger partial charge on any atom is -0.467 e. The van der Waals surface area contributed by atoms with Crippen molar-refractivity contribution in [1.82, 2.24) is 10.3 Å². The molecule has 2 aromatic rings. The molecule has 0 bridgehead atoms. The van der Waals surface area contributed by atoms with E-state index in [4.69, 9.17) is 10.5 Å². The Balaban J connectivity index is 2.07. The van der Waals surface area contributed by atoms with Crippen molar-refractivity contribution in [2.75, 3.05) is 7.11 Å². The van der Waals surface area contributed by atoms with Crippen LogP contribution in [-0.4, -0.2) is 36.1 Å². The number of H-pyrrole nitrogens is 1. The Morgan fingerprint density at radius 2 is 2.00 bits per heavy atom. The van der Waals surface area contributed by atoms with Crippen LogP contribution < -0.4 is 11.1 Å². The van der Waals surface area contributed by atoms with Gasteiger partial charge in [0.25, 0.3) is 0 Å². The van der Waals surface area contributed by atoms with Gasteiger partial charge in [-0.15, -0.1) is 0 Å². The number of ether oxygens (including phenoxy) is 1. The van der Waals surface area contributed by atoms with Gasteiger partial charge in [0.05, 0.1) is 13.2 Å². The van der Waals surface area contributed by atoms with E-state index in [0.717, 1.165) is 35.7 Å². The molecule has 1 heterocycles. The zero-order chi connectivity index (χ0) is 19.1. The van der Waals surface area contributed by atoms with Gasteiger partial charge in [-0.3, -0.25) is 4.79 Å². The van der Waals surface area contributed by atoms with Crippen LogP contribution in [0.25, 0.3) is 10.9 Å². The largest absolute Gasteiger partial charge is 0.467 e. The van der Waals surface area contributed by atoms with Gasteiger partial charge >= 0.3 is 5.97 Å². The fourth-order valence-corrected chi connectivity index (χ4v) is 3.15. The Hall–Kier alpha value is -2.34. The molecule has 6 nitrogen and oxygen atoms in total. The van der Waals surface area contributed by atoms with Crippen LogP contribution in [0.4, 0.5) is 0 Å². The topological polar surface area (TPSA) is 97.2 Å². The second-order valence-electron chi connectivity index (χ2n) is 6.68. The van der Waals surface area contributed by atoms with Gasteiger partial charge in [0, 0.05) is 23.0 Å². The number of fused-ring (bicyclic) bond motifs is 1. The minimum absolute atomic E-state index is 0.194. The number of methoxy groups -OCH3 is 1. The molecule has 2 rings (SSSR count). The first-order valence-corrected chi connectivity index (χ1v) is 9.19. The van der Waals surface area contributed by atoms with Crippen molar-refractivity contribution in [3.8, 4) is 0 Å². The number of carbonyl (C=O) groups is 2. The van der Waals surface area contributed by atoms with E-state index < -0.39 is 18.1 Å². The Labute approximate surface area is 154 Å². The van der Waals surface area contributed by atoms with Gasteiger partial charge in [-0.2, -0.15) is 0 Å². The maximum Gasteiger partial charge on any atom is 0.328 e. The molecule has 142 valence electrons. The van der Waals surface area contributed by atoms with Crippen LogP contribution in [0.1, 0.15) is 51.0 Å². The molecule has 0 saturated heterocycles. The van der Waals surface area contributed by atoms with E-state index in [2.05, 4.69) is 17.2 Å². The molecule has 0 spiro atoms. The summed E-state index contributed by atoms with van der Waals surface area (Å²) in [6, 6.07) is 6.49. The van der Waals surface area contributed by atoms with Crippen molar-refractivity contribution in [1.29, 1.82) is 0 Å². The van der Waals surface area contributed by atoms with Crippen LogP contribution in [0.5, 0.6) is 0 Å². The van der Waals surface area contributed by atoms with E-state index in [1.807, 2.05) is 37.4 Å². The van der Waals surface area contributed by atoms with Crippen LogP contribution in [0.3, 0.4) is 0 Å². The number of carbonyl (C=O) groups excluding carboxylic acids is 2. The van der Waals surface area contributed by atoms with E-state index in [0.29, 0.717) is 6.42 Å². The average Bonchev–Trinajstić information content (AvgIpc) is 3.09. The Kier molecular flexibility index (Phi) is 7.21. The van der Waals surface area contributed by atoms with Crippen molar-refractivity contribution >= 4 is 22.8 Å². The lowest BCUT2D eigenvalue weighted by Gasteiger charge is -2.22. The molecule has 3 atom stereocenters. The summed E-state index contributed by atoms with van der Waals surface area (Å²) >= 11 is 0. The normalized spacial score (nSPS) is 14.6. The summed E-state index contributed by atoms with van der Waals surface area (Å²) in [6.07, 6.45) is 5.34. The number of para-hydroxylation sites is 1. The van der Waals surface area contributed by atoms with Gasteiger partial charge in [0.2, 0.25) is 5.91 Å². The summed E-state index contributed by atoms with van der Waals surface area (Å²) in [5.74, 6) is -0.962. The summed E-state index contributed by atoms with van der Waals surface area (Å²) in [4.78, 5) is 27.8. The molecule has 1 aromatic carbocycles. The van der Waals surface area contributed by atoms with E-state index >= 15 is 0 Å². The number of aromatic amines is 1. The number of amides is 1. The lowest BCUT2D eigenvalue weighted by atomic mass is 9.92. The zero-order valence-corrected chi connectivity index (χ0v) is 15.7. The number of rotatable bonds is 9. The quantitative estimate of drug-likeness (QED) is 0.474. The molecule has 0 aliphatic carbocycles. The van der Waals surface area contributed by atoms with Crippen LogP contribution >= 0.6 is 0 Å². The Bertz CT molecular complexity index is 741. The smallest absolute Gasteiger partial charge is 0.328 e. The van der Waals surface area contributed by atoms with Crippen molar-refractivity contribution in [3.05, 3.63) is 36.0 Å². The Morgan fingerprint density at radius 3 is 2.69 bits per heavy atom. The number of hydrogen-bond donors (Lipinski definition) is 3. The standard InChI is InChI=1S/C20H29N3O3/c1-4-5-6-11-17(20(25)26-3)23-19(24)18(21)13(2)15-12-22-16-10-8-7-9-14(15)16/h7-10,12-13,17-18,22H,4-6,11,21H2,1-3H3,(H,23,24)/t13-,17-,18+/m0/s1. The summed E-state index contributed by atoms with van der Waals surface area (Å²) in [5, 5.41) is 3.82. The van der Waals surface area contributed by atoms with Crippen molar-refractivity contribution in [2.45, 2.75) is 57.5 Å². The van der Waals surface area contributed by atoms with Gasteiger partial charge in [-0.05, 0) is 18.1 Å². The molecule has 0 aliphatic rings. The lowest BCUT2D eigenvalue weighted by molar-refractivity contribution is -0.145. The first-order valence-electron chi connectivity index (χ1n) is 9.19. The number of nitrogens with two attached hydrogens (primary N) is 1. The van der Waals surface area contributed by atoms with Crippen molar-refractivity contribution < 1.29 is 14.3 Å². The number of unbranched alkanes of at least 4 members (excludes halogenated alkanes) is 2. The molecule has 26 heavy (non-hydrogen) atoms. The maximum absolute atomic E-state index is 12.6. The summed E-state index contributed by atoms with van der Waals surface area (Å²) in [6.45, 7) is 4.01. The molecule has 0 unspecified atom stereocenters. The van der Waals surface area contributed by atoms with E-state index in [-0.39, 0.29) is 11.8 Å². The fraction of sp³-hybridized carbons (Fsp3) is 0.500. The van der Waals surface area contributed by atoms with Gasteiger partial charge in [-0.1, -0.05) is 51.3 Å². The summed E-state index contributed by atoms with van der Waals surface area (Å²) in [5.41, 5.74) is 8.21. The van der Waals surface area contributed by atoms with Crippen molar-refractivity contribution in [2.24, 2.45) is 5.73 Å². The van der Waals surface area contributed by atoms with Crippen LogP contribution in [0.2, 0.25) is 0 Å². The van der Waals surface area contributed by atoms with Gasteiger partial charge in [-0.25, -0.2) is 4.79 Å². The van der Waals surface area contributed by atoms with Crippen molar-refractivity contribution in [3.63, 3.8) is 0 Å². The van der Waals surface area contributed by atoms with E-state index in [1.54, 1.807) is 0 Å². The number of benzene rings is 1. The minimum atomic E-state index is -0.757. The first-order chi connectivity index (χ1) is 12.5. The molecule has 4 N–H and O–H groups in total. The molecular weight excluding hydrogens is 330 g/mol. The summed E-state index contributed by atoms with van der Waals surface area (Å²) in [7, 11) is 1.33. The van der Waals surface area contributed by atoms with Crippen LogP contribution in [0, 0.1) is 0 Å². The molecule has 0 aliphatic heterocycles. The average molecular weight is 359 g/mol. The number of hydrogen-bond acceptors (Lipinski definition) is 4. The van der Waals surface area contributed by atoms with Gasteiger partial charge < -0.3 is 20.8 Å². The second-order valence-corrected chi connectivity index (χ2v) is 6.68. The summed E-state index contributed by atoms with van der Waals surface area (Å²) < 4.78 is 4.81. The first kappa shape index (κ1) is 20.0. The SMILES string of the molecule is CCCCC[C@H](NC(=O)[C@H](N)[C@@H](C)c1c[nH]c2ccccc12)C(=O)OC. The highest BCUT2D eigenvalue weighted by atomic mass is 16.5. The molecule has 0 saturated carbocycles. The van der Waals surface area contributed by atoms with Crippen LogP contribution in [0.15, 0.2) is 30.5 Å². The fourth-order valence-electron chi connectivity index (χ4n) is 3.15. The molecular formula is C20H29N3O3. The molecule has 1 aromatic heterocycles. The van der Waals surface area contributed by atoms with Gasteiger partial charge in [0.15, 0.2) is 0 Å². The third-order valence-electron chi connectivity index (χ3n) is 4.85. The van der Waals surface area contributed by atoms with E-state index in [1.165, 1.54) is 7.11 Å². The Morgan fingerprint density at radius 1 is 1.27 bits per heavy atom. The lowest BCUT2D eigenvalue weighted by Crippen LogP contribution is -2.50. The second kappa shape index (κ2) is 9.38. The molecule has 0 radical (unpaired) electrons. The predicted octanol–water partition coefficient (Wildman–Crippen LogP) is 2.84. The third kappa shape index (κ3) is 4.64. The predicted molar refractivity (Wildman–Crippen MR) is 103 cm³/mol. The monoisotopic (exact) mass is 359 g/mol. The third-order valence-corrected chi connectivity index (χ3v) is 4.85. The highest BCUT2D eigenvalue weighted by Crippen LogP contribution is 2.27. The number of nitrogens with one attached hydrogen (secondary N) is 2. The van der Waals surface area contributed by atoms with Crippen LogP contribution in [-0.2, 0) is 14.3 Å². The maximum atomic E-state index is 12.6. The molecule has 0 fully saturated rings. The highest BCUT2D eigenvalue weighted by molar-refractivity contribution is 5.89. The highest BCUT2D eigenvalue weighted by Gasteiger charge is 2.28. The zero-order valence-electron chi connectivity index (χ0n) is 15.7. The number of aromatic nitrogens is 1. The van der Waals surface area contributed by atoms with Gasteiger partial charge in [0.1, 0.15) is 6.04 Å². The number of esters is 1. The van der Waals surface area contributed by atoms with E-state index in [9.17, 15) is 9.59 Å².